The lowest BCUT2D eigenvalue weighted by atomic mass is 10.0. The molecule has 0 bridgehead atoms. The zero-order valence-corrected chi connectivity index (χ0v) is 10.9. The fraction of sp³-hybridized carbons (Fsp3) is 0.357. The number of nitrogens with zero attached hydrogens (tertiary/aromatic N) is 4. The second kappa shape index (κ2) is 4.93. The summed E-state index contributed by atoms with van der Waals surface area (Å²) >= 11 is 0. The number of aromatic nitrogens is 3. The first kappa shape index (κ1) is 12.0. The van der Waals surface area contributed by atoms with Crippen LogP contribution in [-0.2, 0) is 13.1 Å². The Bertz CT molecular complexity index is 578. The van der Waals surface area contributed by atoms with Crippen LogP contribution in [0.5, 0.6) is 0 Å². The molecule has 98 valence electrons. The molecule has 5 nitrogen and oxygen atoms in total. The van der Waals surface area contributed by atoms with Gasteiger partial charge >= 0.3 is 0 Å². The fourth-order valence-corrected chi connectivity index (χ4v) is 2.43. The van der Waals surface area contributed by atoms with Gasteiger partial charge in [-0.2, -0.15) is 0 Å². The molecule has 0 aliphatic carbocycles. The first-order chi connectivity index (χ1) is 9.25. The number of Topliss-reactive ketones (excluding diaryl/α,β-unsaturated/α-hetero) is 1. The quantitative estimate of drug-likeness (QED) is 0.778. The van der Waals surface area contributed by atoms with Gasteiger partial charge in [0.25, 0.3) is 0 Å². The zero-order chi connectivity index (χ0) is 13.2. The van der Waals surface area contributed by atoms with Crippen LogP contribution in [0.3, 0.4) is 0 Å². The van der Waals surface area contributed by atoms with Crippen molar-refractivity contribution in [3.63, 3.8) is 0 Å². The minimum atomic E-state index is -0.132. The summed E-state index contributed by atoms with van der Waals surface area (Å²) < 4.78 is 2.04. The summed E-state index contributed by atoms with van der Waals surface area (Å²) in [4.78, 5) is 14.6. The lowest BCUT2D eigenvalue weighted by molar-refractivity contribution is 0.0793. The SMILES string of the molecule is CC(C(=O)c1ccccc1)N1CCn2cnnc2C1. The van der Waals surface area contributed by atoms with Crippen LogP contribution in [0.1, 0.15) is 23.1 Å². The third-order valence-electron chi connectivity index (χ3n) is 3.65. The Morgan fingerprint density at radius 1 is 1.26 bits per heavy atom. The van der Waals surface area contributed by atoms with E-state index in [0.29, 0.717) is 6.54 Å². The van der Waals surface area contributed by atoms with Gasteiger partial charge in [0.2, 0.25) is 0 Å². The molecule has 2 heterocycles. The predicted molar refractivity (Wildman–Crippen MR) is 70.7 cm³/mol. The number of carbonyl (C=O) groups is 1. The average molecular weight is 256 g/mol. The molecule has 0 saturated heterocycles. The van der Waals surface area contributed by atoms with Crippen LogP contribution in [0, 0.1) is 0 Å². The highest BCUT2D eigenvalue weighted by molar-refractivity contribution is 5.99. The second-order valence-corrected chi connectivity index (χ2v) is 4.82. The number of hydrogen-bond donors (Lipinski definition) is 0. The van der Waals surface area contributed by atoms with Gasteiger partial charge in [0.1, 0.15) is 12.2 Å². The highest BCUT2D eigenvalue weighted by atomic mass is 16.1. The molecule has 0 spiro atoms. The van der Waals surface area contributed by atoms with Crippen LogP contribution in [0.25, 0.3) is 0 Å². The summed E-state index contributed by atoms with van der Waals surface area (Å²) in [5.74, 6) is 1.09. The van der Waals surface area contributed by atoms with Crippen molar-refractivity contribution in [2.45, 2.75) is 26.1 Å². The Morgan fingerprint density at radius 3 is 2.84 bits per heavy atom. The molecule has 1 aliphatic rings. The van der Waals surface area contributed by atoms with Gasteiger partial charge in [-0.1, -0.05) is 30.3 Å². The van der Waals surface area contributed by atoms with Gasteiger partial charge in [0.15, 0.2) is 5.78 Å². The molecule has 1 aromatic carbocycles. The van der Waals surface area contributed by atoms with Crippen molar-refractivity contribution < 1.29 is 4.79 Å². The zero-order valence-electron chi connectivity index (χ0n) is 10.9. The van der Waals surface area contributed by atoms with Gasteiger partial charge in [-0.3, -0.25) is 9.69 Å². The van der Waals surface area contributed by atoms with E-state index >= 15 is 0 Å². The van der Waals surface area contributed by atoms with Gasteiger partial charge in [-0.25, -0.2) is 0 Å². The molecule has 1 atom stereocenters. The molecule has 1 aliphatic heterocycles. The highest BCUT2D eigenvalue weighted by Gasteiger charge is 2.26. The van der Waals surface area contributed by atoms with Crippen LogP contribution in [0.2, 0.25) is 0 Å². The molecule has 0 amide bonds. The molecule has 3 rings (SSSR count). The van der Waals surface area contributed by atoms with Gasteiger partial charge in [-0.05, 0) is 6.92 Å². The van der Waals surface area contributed by atoms with E-state index in [0.717, 1.165) is 24.5 Å². The Morgan fingerprint density at radius 2 is 2.05 bits per heavy atom. The van der Waals surface area contributed by atoms with E-state index in [4.69, 9.17) is 0 Å². The monoisotopic (exact) mass is 256 g/mol. The number of carbonyl (C=O) groups excluding carboxylic acids is 1. The second-order valence-electron chi connectivity index (χ2n) is 4.82. The van der Waals surface area contributed by atoms with Crippen LogP contribution < -0.4 is 0 Å². The van der Waals surface area contributed by atoms with E-state index in [1.165, 1.54) is 0 Å². The van der Waals surface area contributed by atoms with Crippen LogP contribution in [0.15, 0.2) is 36.7 Å². The molecule has 19 heavy (non-hydrogen) atoms. The number of benzene rings is 1. The minimum Gasteiger partial charge on any atom is -0.315 e. The van der Waals surface area contributed by atoms with Crippen molar-refractivity contribution in [3.8, 4) is 0 Å². The fourth-order valence-electron chi connectivity index (χ4n) is 2.43. The normalized spacial score (nSPS) is 16.9. The highest BCUT2D eigenvalue weighted by Crippen LogP contribution is 2.15. The first-order valence-corrected chi connectivity index (χ1v) is 6.45. The summed E-state index contributed by atoms with van der Waals surface area (Å²) in [6, 6.07) is 9.31. The summed E-state index contributed by atoms with van der Waals surface area (Å²) in [5, 5.41) is 7.98. The molecule has 2 aromatic rings. The smallest absolute Gasteiger partial charge is 0.179 e. The topological polar surface area (TPSA) is 51.0 Å². The molecule has 0 N–H and O–H groups in total. The Balaban J connectivity index is 1.75. The van der Waals surface area contributed by atoms with E-state index < -0.39 is 0 Å². The maximum atomic E-state index is 12.4. The van der Waals surface area contributed by atoms with Crippen LogP contribution in [0.4, 0.5) is 0 Å². The van der Waals surface area contributed by atoms with E-state index in [-0.39, 0.29) is 11.8 Å². The molecule has 5 heteroatoms. The van der Waals surface area contributed by atoms with Crippen molar-refractivity contribution in [3.05, 3.63) is 48.0 Å². The lowest BCUT2D eigenvalue weighted by Gasteiger charge is -2.31. The standard InChI is InChI=1S/C14H16N4O/c1-11(14(19)12-5-3-2-4-6-12)17-7-8-18-10-15-16-13(18)9-17/h2-6,10-11H,7-9H2,1H3. The third kappa shape index (κ3) is 2.29. The van der Waals surface area contributed by atoms with Gasteiger partial charge in [0.05, 0.1) is 12.6 Å². The Hall–Kier alpha value is -2.01. The van der Waals surface area contributed by atoms with Crippen molar-refractivity contribution in [1.29, 1.82) is 0 Å². The number of ketones is 1. The van der Waals surface area contributed by atoms with E-state index in [9.17, 15) is 4.79 Å². The van der Waals surface area contributed by atoms with Crippen molar-refractivity contribution >= 4 is 5.78 Å². The van der Waals surface area contributed by atoms with E-state index in [1.807, 2.05) is 41.8 Å². The van der Waals surface area contributed by atoms with Crippen molar-refractivity contribution in [2.75, 3.05) is 6.54 Å². The lowest BCUT2D eigenvalue weighted by Crippen LogP contribution is -2.43. The summed E-state index contributed by atoms with van der Waals surface area (Å²) in [6.07, 6.45) is 1.75. The maximum absolute atomic E-state index is 12.4. The Kier molecular flexibility index (Phi) is 3.13. The molecule has 0 saturated carbocycles. The number of fused-ring (bicyclic) bond motifs is 1. The largest absolute Gasteiger partial charge is 0.315 e. The third-order valence-corrected chi connectivity index (χ3v) is 3.65. The predicted octanol–water partition coefficient (Wildman–Crippen LogP) is 1.37. The number of hydrogen-bond acceptors (Lipinski definition) is 4. The molecule has 0 fully saturated rings. The van der Waals surface area contributed by atoms with Gasteiger partial charge in [0, 0.05) is 18.7 Å². The van der Waals surface area contributed by atoms with E-state index in [1.54, 1.807) is 6.33 Å². The van der Waals surface area contributed by atoms with Gasteiger partial charge < -0.3 is 4.57 Å². The van der Waals surface area contributed by atoms with Crippen molar-refractivity contribution in [1.82, 2.24) is 19.7 Å². The van der Waals surface area contributed by atoms with Crippen molar-refractivity contribution in [2.24, 2.45) is 0 Å². The molecular formula is C14H16N4O. The number of rotatable bonds is 3. The Labute approximate surface area is 111 Å². The average Bonchev–Trinajstić information content (AvgIpc) is 2.94. The minimum absolute atomic E-state index is 0.132. The van der Waals surface area contributed by atoms with Crippen LogP contribution in [-0.4, -0.2) is 38.0 Å². The van der Waals surface area contributed by atoms with E-state index in [2.05, 4.69) is 15.1 Å². The molecule has 1 aromatic heterocycles. The molecular weight excluding hydrogens is 240 g/mol. The first-order valence-electron chi connectivity index (χ1n) is 6.45. The molecule has 0 radical (unpaired) electrons. The summed E-state index contributed by atoms with van der Waals surface area (Å²) in [6.45, 7) is 4.33. The summed E-state index contributed by atoms with van der Waals surface area (Å²) in [7, 11) is 0. The molecule has 1 unspecified atom stereocenters. The maximum Gasteiger partial charge on any atom is 0.179 e. The summed E-state index contributed by atoms with van der Waals surface area (Å²) in [5.41, 5.74) is 0.766. The van der Waals surface area contributed by atoms with Crippen LogP contribution >= 0.6 is 0 Å². The van der Waals surface area contributed by atoms with Gasteiger partial charge in [-0.15, -0.1) is 10.2 Å².